The third kappa shape index (κ3) is 5.69. The molecule has 0 saturated carbocycles. The van der Waals surface area contributed by atoms with Gasteiger partial charge in [0.15, 0.2) is 14.9 Å². The summed E-state index contributed by atoms with van der Waals surface area (Å²) < 4.78 is 22.7. The van der Waals surface area contributed by atoms with Crippen LogP contribution in [0.25, 0.3) is 0 Å². The van der Waals surface area contributed by atoms with Crippen molar-refractivity contribution >= 4 is 27.9 Å². The predicted molar refractivity (Wildman–Crippen MR) is 73.4 cm³/mol. The molecule has 0 aliphatic rings. The van der Waals surface area contributed by atoms with Crippen LogP contribution in [0, 0.1) is 0 Å². The van der Waals surface area contributed by atoms with Crippen LogP contribution in [0.5, 0.6) is 0 Å². The van der Waals surface area contributed by atoms with Gasteiger partial charge in [-0.25, -0.2) is 13.4 Å². The number of aromatic nitrogens is 1. The van der Waals surface area contributed by atoms with Crippen LogP contribution in [0.4, 0.5) is 0 Å². The second-order valence-corrected chi connectivity index (χ2v) is 6.07. The molecule has 0 aromatic carbocycles. The van der Waals surface area contributed by atoms with Gasteiger partial charge in [0, 0.05) is 19.2 Å². The minimum absolute atomic E-state index is 0.00530. The fourth-order valence-electron chi connectivity index (χ4n) is 1.37. The first kappa shape index (κ1) is 16.8. The zero-order valence-corrected chi connectivity index (χ0v) is 12.1. The zero-order valence-electron chi connectivity index (χ0n) is 11.3. The van der Waals surface area contributed by atoms with E-state index in [1.807, 2.05) is 0 Å². The highest BCUT2D eigenvalue weighted by atomic mass is 32.2. The van der Waals surface area contributed by atoms with Gasteiger partial charge in [0.05, 0.1) is 6.54 Å². The highest BCUT2D eigenvalue weighted by molar-refractivity contribution is 7.90. The Morgan fingerprint density at radius 1 is 1.29 bits per heavy atom. The Bertz CT molecular complexity index is 642. The van der Waals surface area contributed by atoms with E-state index in [2.05, 4.69) is 15.6 Å². The molecule has 9 heteroatoms. The molecule has 2 N–H and O–H groups in total. The summed E-state index contributed by atoms with van der Waals surface area (Å²) in [5.74, 6) is -0.955. The van der Waals surface area contributed by atoms with E-state index in [9.17, 15) is 22.8 Å². The van der Waals surface area contributed by atoms with Crippen LogP contribution >= 0.6 is 0 Å². The number of hydrogen-bond acceptors (Lipinski definition) is 6. The van der Waals surface area contributed by atoms with Gasteiger partial charge in [-0.2, -0.15) is 0 Å². The van der Waals surface area contributed by atoms with E-state index in [0.717, 1.165) is 6.26 Å². The standard InChI is InChI=1S/C12H15N3O5S/c1-21(19,20)11-4-2-3-9(15-11)12(18)14-6-5-10(17)13-7-8-16/h2-4,8H,5-7H2,1H3,(H,13,17)(H,14,18). The summed E-state index contributed by atoms with van der Waals surface area (Å²) in [6.45, 7) is -0.0287. The van der Waals surface area contributed by atoms with Crippen molar-refractivity contribution in [1.82, 2.24) is 15.6 Å². The number of nitrogens with zero attached hydrogens (tertiary/aromatic N) is 1. The largest absolute Gasteiger partial charge is 0.350 e. The van der Waals surface area contributed by atoms with Crippen LogP contribution in [0.3, 0.4) is 0 Å². The molecule has 0 aliphatic carbocycles. The lowest BCUT2D eigenvalue weighted by Gasteiger charge is -2.05. The molecule has 0 spiro atoms. The Morgan fingerprint density at radius 3 is 2.62 bits per heavy atom. The molecule has 21 heavy (non-hydrogen) atoms. The van der Waals surface area contributed by atoms with E-state index in [1.54, 1.807) is 0 Å². The van der Waals surface area contributed by atoms with Crippen LogP contribution in [-0.4, -0.2) is 50.8 Å². The number of pyridine rings is 1. The van der Waals surface area contributed by atoms with Crippen molar-refractivity contribution in [2.24, 2.45) is 0 Å². The highest BCUT2D eigenvalue weighted by Crippen LogP contribution is 2.06. The first-order chi connectivity index (χ1) is 9.84. The normalized spacial score (nSPS) is 10.7. The average Bonchev–Trinajstić information content (AvgIpc) is 2.44. The maximum absolute atomic E-state index is 11.8. The molecule has 2 amide bonds. The number of rotatable bonds is 7. The summed E-state index contributed by atoms with van der Waals surface area (Å²) in [4.78, 5) is 36.7. The molecular weight excluding hydrogens is 298 g/mol. The van der Waals surface area contributed by atoms with E-state index in [4.69, 9.17) is 0 Å². The molecular formula is C12H15N3O5S. The molecule has 0 fully saturated rings. The Balaban J connectivity index is 2.57. The molecule has 1 rings (SSSR count). The summed E-state index contributed by atoms with van der Waals surface area (Å²) in [6.07, 6.45) is 1.55. The fraction of sp³-hybridized carbons (Fsp3) is 0.333. The van der Waals surface area contributed by atoms with Crippen LogP contribution in [0.1, 0.15) is 16.9 Å². The van der Waals surface area contributed by atoms with Gasteiger partial charge in [0.2, 0.25) is 5.91 Å². The van der Waals surface area contributed by atoms with Crippen molar-refractivity contribution in [2.45, 2.75) is 11.4 Å². The first-order valence-corrected chi connectivity index (χ1v) is 7.89. The summed E-state index contributed by atoms with van der Waals surface area (Å²) >= 11 is 0. The van der Waals surface area contributed by atoms with Crippen LogP contribution in [-0.2, 0) is 19.4 Å². The fourth-order valence-corrected chi connectivity index (χ4v) is 1.96. The molecule has 0 unspecified atom stereocenters. The molecule has 0 bridgehead atoms. The zero-order chi connectivity index (χ0) is 15.9. The number of sulfone groups is 1. The molecule has 8 nitrogen and oxygen atoms in total. The van der Waals surface area contributed by atoms with E-state index >= 15 is 0 Å². The predicted octanol–water partition coefficient (Wildman–Crippen LogP) is -1.08. The topological polar surface area (TPSA) is 122 Å². The lowest BCUT2D eigenvalue weighted by Crippen LogP contribution is -2.31. The summed E-state index contributed by atoms with van der Waals surface area (Å²) in [7, 11) is -3.49. The summed E-state index contributed by atoms with van der Waals surface area (Å²) in [5.41, 5.74) is -0.0498. The van der Waals surface area contributed by atoms with Crippen LogP contribution in [0.2, 0.25) is 0 Å². The number of carbonyl (C=O) groups excluding carboxylic acids is 3. The third-order valence-corrected chi connectivity index (χ3v) is 3.34. The van der Waals surface area contributed by atoms with Crippen molar-refractivity contribution in [3.8, 4) is 0 Å². The Morgan fingerprint density at radius 2 is 2.00 bits per heavy atom. The van der Waals surface area contributed by atoms with Crippen LogP contribution in [0.15, 0.2) is 23.2 Å². The quantitative estimate of drug-likeness (QED) is 0.617. The van der Waals surface area contributed by atoms with Gasteiger partial charge < -0.3 is 15.4 Å². The lowest BCUT2D eigenvalue weighted by molar-refractivity contribution is -0.122. The smallest absolute Gasteiger partial charge is 0.269 e. The van der Waals surface area contributed by atoms with Crippen LogP contribution < -0.4 is 10.6 Å². The van der Waals surface area contributed by atoms with Gasteiger partial charge >= 0.3 is 0 Å². The number of aldehydes is 1. The maximum atomic E-state index is 11.8. The SMILES string of the molecule is CS(=O)(=O)c1cccc(C(=O)NCCC(=O)NCC=O)n1. The molecule has 0 aliphatic heterocycles. The van der Waals surface area contributed by atoms with Gasteiger partial charge in [0.25, 0.3) is 5.91 Å². The monoisotopic (exact) mass is 313 g/mol. The van der Waals surface area contributed by atoms with E-state index < -0.39 is 15.7 Å². The molecule has 1 aromatic rings. The first-order valence-electron chi connectivity index (χ1n) is 6.00. The Kier molecular flexibility index (Phi) is 5.97. The Labute approximate surface area is 121 Å². The molecule has 0 saturated heterocycles. The van der Waals surface area contributed by atoms with Gasteiger partial charge in [-0.1, -0.05) is 6.07 Å². The van der Waals surface area contributed by atoms with Gasteiger partial charge in [-0.3, -0.25) is 9.59 Å². The minimum Gasteiger partial charge on any atom is -0.350 e. The molecule has 1 heterocycles. The van der Waals surface area contributed by atoms with Crippen molar-refractivity contribution < 1.29 is 22.8 Å². The van der Waals surface area contributed by atoms with Crippen molar-refractivity contribution in [3.05, 3.63) is 23.9 Å². The van der Waals surface area contributed by atoms with E-state index in [0.29, 0.717) is 6.29 Å². The second-order valence-electron chi connectivity index (χ2n) is 4.11. The van der Waals surface area contributed by atoms with E-state index in [-0.39, 0.29) is 36.1 Å². The third-order valence-electron chi connectivity index (χ3n) is 2.36. The van der Waals surface area contributed by atoms with Gasteiger partial charge in [-0.05, 0) is 12.1 Å². The van der Waals surface area contributed by atoms with Crippen molar-refractivity contribution in [1.29, 1.82) is 0 Å². The lowest BCUT2D eigenvalue weighted by atomic mass is 10.3. The second kappa shape index (κ2) is 7.48. The molecule has 0 atom stereocenters. The highest BCUT2D eigenvalue weighted by Gasteiger charge is 2.13. The number of amides is 2. The molecule has 1 aromatic heterocycles. The molecule has 0 radical (unpaired) electrons. The van der Waals surface area contributed by atoms with Gasteiger partial charge in [0.1, 0.15) is 12.0 Å². The van der Waals surface area contributed by atoms with Gasteiger partial charge in [-0.15, -0.1) is 0 Å². The molecule has 114 valence electrons. The minimum atomic E-state index is -3.49. The van der Waals surface area contributed by atoms with Crippen molar-refractivity contribution in [2.75, 3.05) is 19.3 Å². The van der Waals surface area contributed by atoms with Crippen molar-refractivity contribution in [3.63, 3.8) is 0 Å². The Hall–Kier alpha value is -2.29. The summed E-state index contributed by atoms with van der Waals surface area (Å²) in [6, 6.07) is 4.07. The number of hydrogen-bond donors (Lipinski definition) is 2. The van der Waals surface area contributed by atoms with E-state index in [1.165, 1.54) is 18.2 Å². The number of nitrogens with one attached hydrogen (secondary N) is 2. The number of carbonyl (C=O) groups is 3. The average molecular weight is 313 g/mol. The maximum Gasteiger partial charge on any atom is 0.269 e. The summed E-state index contributed by atoms with van der Waals surface area (Å²) in [5, 5.41) is 4.57.